The SMILES string of the molecule is CC(C)CC1CCCC(C)(C)N1. The van der Waals surface area contributed by atoms with E-state index in [2.05, 4.69) is 33.0 Å². The smallest absolute Gasteiger partial charge is 0.0127 e. The van der Waals surface area contributed by atoms with Gasteiger partial charge in [0.2, 0.25) is 0 Å². The molecule has 0 bridgehead atoms. The van der Waals surface area contributed by atoms with Crippen molar-refractivity contribution in [2.24, 2.45) is 5.92 Å². The van der Waals surface area contributed by atoms with Gasteiger partial charge in [0, 0.05) is 11.6 Å². The zero-order valence-corrected chi connectivity index (χ0v) is 8.98. The van der Waals surface area contributed by atoms with Crippen molar-refractivity contribution in [3.63, 3.8) is 0 Å². The molecule has 0 amide bonds. The van der Waals surface area contributed by atoms with Crippen LogP contribution in [0.3, 0.4) is 0 Å². The number of rotatable bonds is 2. The van der Waals surface area contributed by atoms with Gasteiger partial charge in [-0.1, -0.05) is 20.3 Å². The molecule has 0 aliphatic carbocycles. The van der Waals surface area contributed by atoms with Crippen molar-refractivity contribution < 1.29 is 0 Å². The van der Waals surface area contributed by atoms with Crippen LogP contribution in [0.5, 0.6) is 0 Å². The second kappa shape index (κ2) is 3.78. The van der Waals surface area contributed by atoms with Crippen LogP contribution in [0, 0.1) is 5.92 Å². The Bertz CT molecular complexity index is 138. The highest BCUT2D eigenvalue weighted by Gasteiger charge is 2.26. The van der Waals surface area contributed by atoms with E-state index in [0.29, 0.717) is 5.54 Å². The summed E-state index contributed by atoms with van der Waals surface area (Å²) < 4.78 is 0. The number of hydrogen-bond donors (Lipinski definition) is 1. The molecule has 0 aromatic carbocycles. The maximum Gasteiger partial charge on any atom is 0.0127 e. The van der Waals surface area contributed by atoms with E-state index in [1.54, 1.807) is 0 Å². The molecule has 1 nitrogen and oxygen atoms in total. The third-order valence-electron chi connectivity index (χ3n) is 2.71. The van der Waals surface area contributed by atoms with Gasteiger partial charge in [0.1, 0.15) is 0 Å². The van der Waals surface area contributed by atoms with E-state index >= 15 is 0 Å². The number of piperidine rings is 1. The molecule has 1 fully saturated rings. The fourth-order valence-electron chi connectivity index (χ4n) is 2.23. The summed E-state index contributed by atoms with van der Waals surface area (Å²) >= 11 is 0. The van der Waals surface area contributed by atoms with Crippen LogP contribution in [0.25, 0.3) is 0 Å². The highest BCUT2D eigenvalue weighted by molar-refractivity contribution is 4.87. The lowest BCUT2D eigenvalue weighted by Crippen LogP contribution is -2.49. The Morgan fingerprint density at radius 3 is 2.58 bits per heavy atom. The van der Waals surface area contributed by atoms with Gasteiger partial charge in [-0.2, -0.15) is 0 Å². The molecule has 12 heavy (non-hydrogen) atoms. The fraction of sp³-hybridized carbons (Fsp3) is 1.00. The largest absolute Gasteiger partial charge is 0.309 e. The van der Waals surface area contributed by atoms with E-state index in [4.69, 9.17) is 0 Å². The van der Waals surface area contributed by atoms with Crippen LogP contribution < -0.4 is 5.32 Å². The summed E-state index contributed by atoms with van der Waals surface area (Å²) in [6.07, 6.45) is 5.45. The Kier molecular flexibility index (Phi) is 3.16. The first-order valence-electron chi connectivity index (χ1n) is 5.27. The average Bonchev–Trinajstić information content (AvgIpc) is 1.82. The minimum absolute atomic E-state index is 0.387. The van der Waals surface area contributed by atoms with Gasteiger partial charge in [-0.05, 0) is 39.0 Å². The standard InChI is InChI=1S/C11H23N/c1-9(2)8-10-6-5-7-11(3,4)12-10/h9-10,12H,5-8H2,1-4H3. The van der Waals surface area contributed by atoms with Crippen molar-refractivity contribution in [1.29, 1.82) is 0 Å². The molecule has 1 aliphatic heterocycles. The second-order valence-electron chi connectivity index (χ2n) is 5.25. The van der Waals surface area contributed by atoms with Crippen molar-refractivity contribution in [2.45, 2.75) is 65.0 Å². The minimum atomic E-state index is 0.387. The van der Waals surface area contributed by atoms with Crippen LogP contribution >= 0.6 is 0 Å². The summed E-state index contributed by atoms with van der Waals surface area (Å²) in [5, 5.41) is 3.72. The summed E-state index contributed by atoms with van der Waals surface area (Å²) in [6, 6.07) is 0.772. The van der Waals surface area contributed by atoms with Crippen molar-refractivity contribution >= 4 is 0 Å². The summed E-state index contributed by atoms with van der Waals surface area (Å²) in [6.45, 7) is 9.26. The summed E-state index contributed by atoms with van der Waals surface area (Å²) in [4.78, 5) is 0. The lowest BCUT2D eigenvalue weighted by Gasteiger charge is -2.37. The van der Waals surface area contributed by atoms with E-state index in [1.807, 2.05) is 0 Å². The zero-order chi connectivity index (χ0) is 9.19. The lowest BCUT2D eigenvalue weighted by atomic mass is 9.86. The van der Waals surface area contributed by atoms with Gasteiger partial charge in [0.15, 0.2) is 0 Å². The summed E-state index contributed by atoms with van der Waals surface area (Å²) in [5.41, 5.74) is 0.387. The quantitative estimate of drug-likeness (QED) is 0.670. The Hall–Kier alpha value is -0.0400. The number of nitrogens with one attached hydrogen (secondary N) is 1. The Morgan fingerprint density at radius 2 is 2.08 bits per heavy atom. The Morgan fingerprint density at radius 1 is 1.42 bits per heavy atom. The Labute approximate surface area is 76.9 Å². The van der Waals surface area contributed by atoms with Gasteiger partial charge in [-0.25, -0.2) is 0 Å². The molecule has 0 aromatic heterocycles. The first-order chi connectivity index (χ1) is 5.49. The van der Waals surface area contributed by atoms with E-state index in [1.165, 1.54) is 25.7 Å². The number of hydrogen-bond acceptors (Lipinski definition) is 1. The zero-order valence-electron chi connectivity index (χ0n) is 8.98. The van der Waals surface area contributed by atoms with Crippen molar-refractivity contribution in [3.8, 4) is 0 Å². The van der Waals surface area contributed by atoms with E-state index < -0.39 is 0 Å². The third kappa shape index (κ3) is 3.14. The lowest BCUT2D eigenvalue weighted by molar-refractivity contribution is 0.223. The molecule has 0 aromatic rings. The molecule has 1 saturated heterocycles. The summed E-state index contributed by atoms with van der Waals surface area (Å²) in [5.74, 6) is 0.830. The highest BCUT2D eigenvalue weighted by atomic mass is 15.0. The topological polar surface area (TPSA) is 12.0 Å². The maximum absolute atomic E-state index is 3.72. The first-order valence-corrected chi connectivity index (χ1v) is 5.27. The van der Waals surface area contributed by atoms with Crippen molar-refractivity contribution in [3.05, 3.63) is 0 Å². The van der Waals surface area contributed by atoms with E-state index in [0.717, 1.165) is 12.0 Å². The molecule has 0 radical (unpaired) electrons. The fourth-order valence-corrected chi connectivity index (χ4v) is 2.23. The molecule has 1 heterocycles. The van der Waals surface area contributed by atoms with E-state index in [-0.39, 0.29) is 0 Å². The van der Waals surface area contributed by atoms with Gasteiger partial charge in [0.25, 0.3) is 0 Å². The Balaban J connectivity index is 2.36. The third-order valence-corrected chi connectivity index (χ3v) is 2.71. The monoisotopic (exact) mass is 169 g/mol. The molecule has 1 aliphatic rings. The van der Waals surface area contributed by atoms with Crippen LogP contribution in [0.2, 0.25) is 0 Å². The molecule has 1 N–H and O–H groups in total. The van der Waals surface area contributed by atoms with Gasteiger partial charge < -0.3 is 5.32 Å². The van der Waals surface area contributed by atoms with Crippen LogP contribution in [0.1, 0.15) is 53.4 Å². The molecule has 1 atom stereocenters. The first kappa shape index (κ1) is 10.0. The predicted molar refractivity (Wildman–Crippen MR) is 54.3 cm³/mol. The van der Waals surface area contributed by atoms with Crippen molar-refractivity contribution in [1.82, 2.24) is 5.32 Å². The normalized spacial score (nSPS) is 29.2. The molecule has 0 spiro atoms. The van der Waals surface area contributed by atoms with Crippen LogP contribution in [0.4, 0.5) is 0 Å². The molecular weight excluding hydrogens is 146 g/mol. The summed E-state index contributed by atoms with van der Waals surface area (Å²) in [7, 11) is 0. The molecule has 0 saturated carbocycles. The van der Waals surface area contributed by atoms with Crippen LogP contribution in [-0.4, -0.2) is 11.6 Å². The molecule has 72 valence electrons. The van der Waals surface area contributed by atoms with Crippen LogP contribution in [0.15, 0.2) is 0 Å². The molecule has 1 heteroatoms. The van der Waals surface area contributed by atoms with Crippen molar-refractivity contribution in [2.75, 3.05) is 0 Å². The van der Waals surface area contributed by atoms with Gasteiger partial charge >= 0.3 is 0 Å². The van der Waals surface area contributed by atoms with Gasteiger partial charge in [-0.3, -0.25) is 0 Å². The van der Waals surface area contributed by atoms with Gasteiger partial charge in [0.05, 0.1) is 0 Å². The highest BCUT2D eigenvalue weighted by Crippen LogP contribution is 2.24. The molecule has 1 unspecified atom stereocenters. The second-order valence-corrected chi connectivity index (χ2v) is 5.25. The minimum Gasteiger partial charge on any atom is -0.309 e. The predicted octanol–water partition coefficient (Wildman–Crippen LogP) is 2.95. The average molecular weight is 169 g/mol. The van der Waals surface area contributed by atoms with Crippen LogP contribution in [-0.2, 0) is 0 Å². The van der Waals surface area contributed by atoms with E-state index in [9.17, 15) is 0 Å². The molecule has 1 rings (SSSR count). The maximum atomic E-state index is 3.72. The molecular formula is C11H23N. The van der Waals surface area contributed by atoms with Gasteiger partial charge in [-0.15, -0.1) is 0 Å².